The fourth-order valence-electron chi connectivity index (χ4n) is 4.08. The lowest BCUT2D eigenvalue weighted by Gasteiger charge is -2.30. The highest BCUT2D eigenvalue weighted by Crippen LogP contribution is 2.52. The molecule has 2 saturated carbocycles. The largest absolute Gasteiger partial charge is 0.416 e. The van der Waals surface area contributed by atoms with E-state index in [1.807, 2.05) is 0 Å². The second-order valence-corrected chi connectivity index (χ2v) is 6.11. The Morgan fingerprint density at radius 1 is 1.20 bits per heavy atom. The van der Waals surface area contributed by atoms with Gasteiger partial charge in [0.05, 0.1) is 5.56 Å². The lowest BCUT2D eigenvalue weighted by Crippen LogP contribution is -2.36. The van der Waals surface area contributed by atoms with Gasteiger partial charge in [-0.05, 0) is 54.7 Å². The molecule has 3 N–H and O–H groups in total. The number of hydrazine groups is 1. The maximum atomic E-state index is 12.8. The highest BCUT2D eigenvalue weighted by Gasteiger charge is 2.43. The van der Waals surface area contributed by atoms with Crippen molar-refractivity contribution < 1.29 is 13.2 Å². The molecule has 20 heavy (non-hydrogen) atoms. The Morgan fingerprint density at radius 3 is 2.55 bits per heavy atom. The summed E-state index contributed by atoms with van der Waals surface area (Å²) in [7, 11) is 0. The number of benzene rings is 1. The maximum Gasteiger partial charge on any atom is 0.416 e. The predicted octanol–water partition coefficient (Wildman–Crippen LogP) is 3.65. The Labute approximate surface area is 116 Å². The van der Waals surface area contributed by atoms with Crippen molar-refractivity contribution in [1.29, 1.82) is 0 Å². The van der Waals surface area contributed by atoms with Crippen LogP contribution in [-0.2, 0) is 6.18 Å². The van der Waals surface area contributed by atoms with Crippen molar-refractivity contribution in [3.05, 3.63) is 35.4 Å². The summed E-state index contributed by atoms with van der Waals surface area (Å²) in [5, 5.41) is 0. The van der Waals surface area contributed by atoms with E-state index >= 15 is 0 Å². The van der Waals surface area contributed by atoms with Gasteiger partial charge in [-0.1, -0.05) is 18.6 Å². The number of halogens is 3. The number of rotatable bonds is 3. The molecule has 2 fully saturated rings. The van der Waals surface area contributed by atoms with Gasteiger partial charge in [0, 0.05) is 6.04 Å². The molecule has 110 valence electrons. The molecule has 1 aromatic carbocycles. The van der Waals surface area contributed by atoms with Gasteiger partial charge in [-0.3, -0.25) is 11.3 Å². The number of nitrogens with two attached hydrogens (primary N) is 1. The highest BCUT2D eigenvalue weighted by atomic mass is 19.4. The van der Waals surface area contributed by atoms with E-state index in [0.717, 1.165) is 18.4 Å². The minimum Gasteiger partial charge on any atom is -0.271 e. The second-order valence-electron chi connectivity index (χ2n) is 6.11. The molecule has 1 aromatic rings. The molecule has 2 aliphatic carbocycles. The monoisotopic (exact) mass is 284 g/mol. The number of hydrogen-bond acceptors (Lipinski definition) is 2. The maximum absolute atomic E-state index is 12.8. The Hall–Kier alpha value is -1.07. The number of alkyl halides is 3. The van der Waals surface area contributed by atoms with E-state index in [2.05, 4.69) is 5.43 Å². The molecule has 2 nitrogen and oxygen atoms in total. The van der Waals surface area contributed by atoms with Crippen molar-refractivity contribution in [2.45, 2.75) is 37.9 Å². The third-order valence-corrected chi connectivity index (χ3v) is 4.97. The molecule has 4 unspecified atom stereocenters. The molecule has 0 amide bonds. The first-order valence-electron chi connectivity index (χ1n) is 7.12. The summed E-state index contributed by atoms with van der Waals surface area (Å²) in [6, 6.07) is 5.38. The van der Waals surface area contributed by atoms with E-state index in [1.165, 1.54) is 31.4 Å². The molecule has 5 heteroatoms. The summed E-state index contributed by atoms with van der Waals surface area (Å²) in [6.07, 6.45) is 0.439. The number of hydrogen-bond donors (Lipinski definition) is 2. The van der Waals surface area contributed by atoms with E-state index < -0.39 is 11.7 Å². The van der Waals surface area contributed by atoms with Gasteiger partial charge in [0.15, 0.2) is 0 Å². The molecule has 0 spiro atoms. The zero-order valence-corrected chi connectivity index (χ0v) is 11.2. The summed E-state index contributed by atoms with van der Waals surface area (Å²) in [4.78, 5) is 0. The molecule has 2 aliphatic rings. The third-order valence-electron chi connectivity index (χ3n) is 4.97. The Morgan fingerprint density at radius 2 is 2.00 bits per heavy atom. The molecule has 4 atom stereocenters. The summed E-state index contributed by atoms with van der Waals surface area (Å²) in [5.41, 5.74) is 2.81. The van der Waals surface area contributed by atoms with Gasteiger partial charge in [-0.25, -0.2) is 0 Å². The summed E-state index contributed by atoms with van der Waals surface area (Å²) in [6.45, 7) is 0. The normalized spacial score (nSPS) is 30.7. The van der Waals surface area contributed by atoms with Crippen LogP contribution in [0.1, 0.15) is 42.9 Å². The average molecular weight is 284 g/mol. The fraction of sp³-hybridized carbons (Fsp3) is 0.600. The van der Waals surface area contributed by atoms with Crippen LogP contribution in [0, 0.1) is 17.8 Å². The first kappa shape index (κ1) is 13.9. The van der Waals surface area contributed by atoms with Crippen LogP contribution >= 0.6 is 0 Å². The molecule has 0 saturated heterocycles. The van der Waals surface area contributed by atoms with Crippen LogP contribution in [0.3, 0.4) is 0 Å². The zero-order chi connectivity index (χ0) is 14.3. The molecule has 0 aliphatic heterocycles. The quantitative estimate of drug-likeness (QED) is 0.657. The average Bonchev–Trinajstić information content (AvgIpc) is 3.02. The topological polar surface area (TPSA) is 38.0 Å². The summed E-state index contributed by atoms with van der Waals surface area (Å²) in [5.74, 6) is 7.36. The lowest BCUT2D eigenvalue weighted by molar-refractivity contribution is -0.137. The van der Waals surface area contributed by atoms with E-state index in [1.54, 1.807) is 6.07 Å². The van der Waals surface area contributed by atoms with Crippen LogP contribution in [0.5, 0.6) is 0 Å². The van der Waals surface area contributed by atoms with E-state index in [-0.39, 0.29) is 6.04 Å². The molecular weight excluding hydrogens is 265 g/mol. The molecule has 2 bridgehead atoms. The van der Waals surface area contributed by atoms with Crippen LogP contribution in [0.25, 0.3) is 0 Å². The van der Waals surface area contributed by atoms with E-state index in [0.29, 0.717) is 17.4 Å². The first-order valence-corrected chi connectivity index (χ1v) is 7.12. The highest BCUT2D eigenvalue weighted by molar-refractivity contribution is 5.29. The van der Waals surface area contributed by atoms with Crippen molar-refractivity contribution in [2.24, 2.45) is 23.6 Å². The second kappa shape index (κ2) is 5.04. The first-order chi connectivity index (χ1) is 9.49. The van der Waals surface area contributed by atoms with Gasteiger partial charge < -0.3 is 0 Å². The molecular formula is C15H19F3N2. The predicted molar refractivity (Wildman–Crippen MR) is 70.4 cm³/mol. The van der Waals surface area contributed by atoms with Gasteiger partial charge in [0.1, 0.15) is 0 Å². The fourth-order valence-corrected chi connectivity index (χ4v) is 4.08. The molecule has 0 heterocycles. The smallest absolute Gasteiger partial charge is 0.271 e. The Balaban J connectivity index is 1.86. The van der Waals surface area contributed by atoms with Crippen molar-refractivity contribution in [3.63, 3.8) is 0 Å². The van der Waals surface area contributed by atoms with Gasteiger partial charge in [0.25, 0.3) is 0 Å². The van der Waals surface area contributed by atoms with Crippen LogP contribution in [-0.4, -0.2) is 0 Å². The van der Waals surface area contributed by atoms with E-state index in [9.17, 15) is 13.2 Å². The standard InChI is InChI=1S/C15H19F3N2/c16-15(17,18)12-3-1-2-11(8-12)14(20-19)13-7-9-4-5-10(13)6-9/h1-3,8-10,13-14,20H,4-7,19H2. The van der Waals surface area contributed by atoms with Crippen molar-refractivity contribution in [3.8, 4) is 0 Å². The van der Waals surface area contributed by atoms with Crippen LogP contribution in [0.15, 0.2) is 24.3 Å². The minimum absolute atomic E-state index is 0.174. The molecule has 0 radical (unpaired) electrons. The summed E-state index contributed by atoms with van der Waals surface area (Å²) < 4.78 is 38.4. The third kappa shape index (κ3) is 2.44. The Bertz CT molecular complexity index is 486. The summed E-state index contributed by atoms with van der Waals surface area (Å²) >= 11 is 0. The van der Waals surface area contributed by atoms with Gasteiger partial charge in [-0.15, -0.1) is 0 Å². The van der Waals surface area contributed by atoms with Crippen molar-refractivity contribution >= 4 is 0 Å². The number of nitrogens with one attached hydrogen (secondary N) is 1. The lowest BCUT2D eigenvalue weighted by atomic mass is 9.80. The van der Waals surface area contributed by atoms with Crippen molar-refractivity contribution in [1.82, 2.24) is 5.43 Å². The van der Waals surface area contributed by atoms with Crippen LogP contribution in [0.4, 0.5) is 13.2 Å². The minimum atomic E-state index is -4.30. The van der Waals surface area contributed by atoms with E-state index in [4.69, 9.17) is 5.84 Å². The van der Waals surface area contributed by atoms with Crippen molar-refractivity contribution in [2.75, 3.05) is 0 Å². The van der Waals surface area contributed by atoms with Gasteiger partial charge >= 0.3 is 6.18 Å². The molecule has 3 rings (SSSR count). The number of fused-ring (bicyclic) bond motifs is 2. The van der Waals surface area contributed by atoms with Crippen LogP contribution < -0.4 is 11.3 Å². The SMILES string of the molecule is NNC(c1cccc(C(F)(F)F)c1)C1CC2CCC1C2. The van der Waals surface area contributed by atoms with Crippen LogP contribution in [0.2, 0.25) is 0 Å². The van der Waals surface area contributed by atoms with Gasteiger partial charge in [0.2, 0.25) is 0 Å². The molecule has 0 aromatic heterocycles. The Kier molecular flexibility index (Phi) is 3.50. The van der Waals surface area contributed by atoms with Gasteiger partial charge in [-0.2, -0.15) is 13.2 Å². The zero-order valence-electron chi connectivity index (χ0n) is 11.2.